The summed E-state index contributed by atoms with van der Waals surface area (Å²) in [6.07, 6.45) is 0. The molecule has 0 amide bonds. The molecule has 0 radical (unpaired) electrons. The molecule has 0 aliphatic carbocycles. The fourth-order valence-electron chi connectivity index (χ4n) is 1.63. The van der Waals surface area contributed by atoms with Gasteiger partial charge in [-0.05, 0) is 19.1 Å². The van der Waals surface area contributed by atoms with E-state index in [-0.39, 0.29) is 17.1 Å². The highest BCUT2D eigenvalue weighted by Crippen LogP contribution is 2.24. The van der Waals surface area contributed by atoms with Gasteiger partial charge in [-0.25, -0.2) is 18.1 Å². The van der Waals surface area contributed by atoms with Crippen LogP contribution in [0.15, 0.2) is 28.6 Å². The second-order valence-corrected chi connectivity index (χ2v) is 6.76. The molecule has 8 heteroatoms. The number of anilines is 1. The summed E-state index contributed by atoms with van der Waals surface area (Å²) in [5.41, 5.74) is 8.40. The van der Waals surface area contributed by atoms with Crippen LogP contribution in [0.4, 0.5) is 5.69 Å². The summed E-state index contributed by atoms with van der Waals surface area (Å²) in [6, 6.07) is 4.46. The van der Waals surface area contributed by atoms with Gasteiger partial charge in [-0.15, -0.1) is 11.3 Å². The molecule has 108 valence electrons. The van der Waals surface area contributed by atoms with Crippen molar-refractivity contribution >= 4 is 27.0 Å². The number of hydrogen-bond donors (Lipinski definition) is 2. The van der Waals surface area contributed by atoms with Gasteiger partial charge in [0.15, 0.2) is 0 Å². The summed E-state index contributed by atoms with van der Waals surface area (Å²) >= 11 is 1.41. The molecule has 0 aliphatic heterocycles. The van der Waals surface area contributed by atoms with E-state index in [2.05, 4.69) is 9.71 Å². The Hall–Kier alpha value is -1.64. The lowest BCUT2D eigenvalue weighted by atomic mass is 10.3. The van der Waals surface area contributed by atoms with Crippen LogP contribution in [-0.2, 0) is 16.6 Å². The van der Waals surface area contributed by atoms with Crippen LogP contribution in [0.5, 0.6) is 5.75 Å². The van der Waals surface area contributed by atoms with Crippen LogP contribution in [0.25, 0.3) is 0 Å². The van der Waals surface area contributed by atoms with Crippen molar-refractivity contribution in [3.63, 3.8) is 0 Å². The number of nitrogen functional groups attached to an aromatic ring is 1. The fourth-order valence-corrected chi connectivity index (χ4v) is 3.55. The SMILES string of the molecule is COc1ccc(S(=O)(=O)NCc2scnc2C)c(N)c1. The van der Waals surface area contributed by atoms with Crippen LogP contribution in [0.1, 0.15) is 10.6 Å². The molecule has 0 saturated carbocycles. The maximum atomic E-state index is 12.2. The minimum absolute atomic E-state index is 0.0421. The number of aryl methyl sites for hydroxylation is 1. The van der Waals surface area contributed by atoms with Gasteiger partial charge in [-0.1, -0.05) is 0 Å². The van der Waals surface area contributed by atoms with E-state index in [0.717, 1.165) is 10.6 Å². The predicted molar refractivity (Wildman–Crippen MR) is 78.3 cm³/mol. The molecule has 1 heterocycles. The lowest BCUT2D eigenvalue weighted by molar-refractivity contribution is 0.414. The quantitative estimate of drug-likeness (QED) is 0.816. The van der Waals surface area contributed by atoms with E-state index < -0.39 is 10.0 Å². The van der Waals surface area contributed by atoms with Gasteiger partial charge in [-0.3, -0.25) is 0 Å². The Morgan fingerprint density at radius 2 is 2.20 bits per heavy atom. The maximum Gasteiger partial charge on any atom is 0.242 e. The van der Waals surface area contributed by atoms with Gasteiger partial charge < -0.3 is 10.5 Å². The number of ether oxygens (including phenoxy) is 1. The minimum Gasteiger partial charge on any atom is -0.497 e. The number of hydrogen-bond acceptors (Lipinski definition) is 6. The summed E-state index contributed by atoms with van der Waals surface area (Å²) in [7, 11) is -2.17. The molecule has 0 atom stereocenters. The molecular formula is C12H15N3O3S2. The molecule has 20 heavy (non-hydrogen) atoms. The van der Waals surface area contributed by atoms with Gasteiger partial charge in [0, 0.05) is 17.5 Å². The molecule has 0 aliphatic rings. The first kappa shape index (κ1) is 14.8. The summed E-state index contributed by atoms with van der Waals surface area (Å²) in [6.45, 7) is 2.03. The lowest BCUT2D eigenvalue weighted by Crippen LogP contribution is -2.24. The first-order valence-electron chi connectivity index (χ1n) is 5.76. The zero-order chi connectivity index (χ0) is 14.8. The van der Waals surface area contributed by atoms with Crippen molar-refractivity contribution < 1.29 is 13.2 Å². The molecule has 2 rings (SSSR count). The van der Waals surface area contributed by atoms with Crippen molar-refractivity contribution in [1.82, 2.24) is 9.71 Å². The van der Waals surface area contributed by atoms with E-state index in [9.17, 15) is 8.42 Å². The monoisotopic (exact) mass is 313 g/mol. The Kier molecular flexibility index (Phi) is 4.26. The summed E-state index contributed by atoms with van der Waals surface area (Å²) in [5, 5.41) is 0. The minimum atomic E-state index is -3.66. The molecule has 1 aromatic carbocycles. The zero-order valence-electron chi connectivity index (χ0n) is 11.1. The highest BCUT2D eigenvalue weighted by molar-refractivity contribution is 7.89. The molecule has 0 fully saturated rings. The first-order chi connectivity index (χ1) is 9.44. The molecule has 0 unspecified atom stereocenters. The van der Waals surface area contributed by atoms with E-state index in [0.29, 0.717) is 5.75 Å². The van der Waals surface area contributed by atoms with E-state index in [1.807, 2.05) is 6.92 Å². The zero-order valence-corrected chi connectivity index (χ0v) is 12.7. The smallest absolute Gasteiger partial charge is 0.242 e. The van der Waals surface area contributed by atoms with Crippen molar-refractivity contribution in [2.75, 3.05) is 12.8 Å². The van der Waals surface area contributed by atoms with Crippen LogP contribution in [-0.4, -0.2) is 20.5 Å². The summed E-state index contributed by atoms with van der Waals surface area (Å²) < 4.78 is 31.9. The highest BCUT2D eigenvalue weighted by Gasteiger charge is 2.18. The van der Waals surface area contributed by atoms with Crippen molar-refractivity contribution in [3.8, 4) is 5.75 Å². The van der Waals surface area contributed by atoms with E-state index >= 15 is 0 Å². The van der Waals surface area contributed by atoms with E-state index in [4.69, 9.17) is 10.5 Å². The topological polar surface area (TPSA) is 94.3 Å². The summed E-state index contributed by atoms with van der Waals surface area (Å²) in [4.78, 5) is 4.99. The number of methoxy groups -OCH3 is 1. The number of nitrogens with two attached hydrogens (primary N) is 1. The highest BCUT2D eigenvalue weighted by atomic mass is 32.2. The van der Waals surface area contributed by atoms with Crippen LogP contribution in [0, 0.1) is 6.92 Å². The van der Waals surface area contributed by atoms with Gasteiger partial charge in [0.05, 0.1) is 24.0 Å². The summed E-state index contributed by atoms with van der Waals surface area (Å²) in [5.74, 6) is 0.514. The average Bonchev–Trinajstić information content (AvgIpc) is 2.81. The Labute approximate surface area is 121 Å². The Morgan fingerprint density at radius 3 is 2.75 bits per heavy atom. The van der Waals surface area contributed by atoms with Gasteiger partial charge >= 0.3 is 0 Å². The third kappa shape index (κ3) is 3.09. The van der Waals surface area contributed by atoms with E-state index in [1.165, 1.54) is 30.6 Å². The Bertz CT molecular complexity index is 710. The standard InChI is InChI=1S/C12H15N3O3S2/c1-8-11(19-7-14-8)6-15-20(16,17)12-4-3-9(18-2)5-10(12)13/h3-5,7,15H,6,13H2,1-2H3. The molecule has 0 spiro atoms. The van der Waals surface area contributed by atoms with Crippen molar-refractivity contribution in [1.29, 1.82) is 0 Å². The maximum absolute atomic E-state index is 12.2. The molecule has 1 aromatic heterocycles. The number of nitrogens with zero attached hydrogens (tertiary/aromatic N) is 1. The van der Waals surface area contributed by atoms with Crippen molar-refractivity contribution in [3.05, 3.63) is 34.3 Å². The lowest BCUT2D eigenvalue weighted by Gasteiger charge is -2.10. The Balaban J connectivity index is 2.20. The fraction of sp³-hybridized carbons (Fsp3) is 0.250. The average molecular weight is 313 g/mol. The molecule has 3 N–H and O–H groups in total. The number of sulfonamides is 1. The van der Waals surface area contributed by atoms with Gasteiger partial charge in [0.2, 0.25) is 10.0 Å². The number of benzene rings is 1. The van der Waals surface area contributed by atoms with Gasteiger partial charge in [-0.2, -0.15) is 0 Å². The normalized spacial score (nSPS) is 11.5. The van der Waals surface area contributed by atoms with Crippen LogP contribution in [0.3, 0.4) is 0 Å². The molecule has 2 aromatic rings. The third-order valence-electron chi connectivity index (χ3n) is 2.77. The van der Waals surface area contributed by atoms with Crippen LogP contribution >= 0.6 is 11.3 Å². The number of rotatable bonds is 5. The Morgan fingerprint density at radius 1 is 1.45 bits per heavy atom. The molecule has 0 bridgehead atoms. The first-order valence-corrected chi connectivity index (χ1v) is 8.12. The molecule has 6 nitrogen and oxygen atoms in total. The third-order valence-corrected chi connectivity index (χ3v) is 5.18. The van der Waals surface area contributed by atoms with Gasteiger partial charge in [0.1, 0.15) is 10.6 Å². The molecule has 0 saturated heterocycles. The number of aromatic nitrogens is 1. The second kappa shape index (κ2) is 5.78. The van der Waals surface area contributed by atoms with Crippen molar-refractivity contribution in [2.24, 2.45) is 0 Å². The number of thiazole rings is 1. The van der Waals surface area contributed by atoms with Crippen LogP contribution in [0.2, 0.25) is 0 Å². The molecular weight excluding hydrogens is 298 g/mol. The second-order valence-electron chi connectivity index (χ2n) is 4.09. The van der Waals surface area contributed by atoms with E-state index in [1.54, 1.807) is 11.6 Å². The number of nitrogens with one attached hydrogen (secondary N) is 1. The van der Waals surface area contributed by atoms with Crippen LogP contribution < -0.4 is 15.2 Å². The predicted octanol–water partition coefficient (Wildman–Crippen LogP) is 1.52. The van der Waals surface area contributed by atoms with Crippen molar-refractivity contribution in [2.45, 2.75) is 18.4 Å². The largest absolute Gasteiger partial charge is 0.497 e. The van der Waals surface area contributed by atoms with Gasteiger partial charge in [0.25, 0.3) is 0 Å².